The second-order valence-electron chi connectivity index (χ2n) is 4.88. The lowest BCUT2D eigenvalue weighted by atomic mass is 10.1. The number of rotatable bonds is 4. The first-order chi connectivity index (χ1) is 8.27. The van der Waals surface area contributed by atoms with E-state index in [1.165, 1.54) is 30.0 Å². The van der Waals surface area contributed by atoms with Gasteiger partial charge < -0.3 is 4.90 Å². The predicted molar refractivity (Wildman–Crippen MR) is 75.5 cm³/mol. The molecule has 1 atom stereocenters. The monoisotopic (exact) mass is 250 g/mol. The van der Waals surface area contributed by atoms with Gasteiger partial charge in [0, 0.05) is 30.4 Å². The van der Waals surface area contributed by atoms with Crippen LogP contribution in [0, 0.1) is 0 Å². The lowest BCUT2D eigenvalue weighted by molar-refractivity contribution is 0.172. The molecule has 0 aromatic carbocycles. The molecule has 2 rings (SSSR count). The molecule has 1 aliphatic heterocycles. The highest BCUT2D eigenvalue weighted by Crippen LogP contribution is 2.22. The van der Waals surface area contributed by atoms with Crippen LogP contribution >= 0.6 is 11.8 Å². The summed E-state index contributed by atoms with van der Waals surface area (Å²) in [5.41, 5.74) is 1.21. The molecule has 1 saturated heterocycles. The Morgan fingerprint density at radius 2 is 2.18 bits per heavy atom. The van der Waals surface area contributed by atoms with E-state index in [1.54, 1.807) is 0 Å². The van der Waals surface area contributed by atoms with Crippen molar-refractivity contribution in [3.05, 3.63) is 30.1 Å². The smallest absolute Gasteiger partial charge is 0.0419 e. The number of hydrogen-bond donors (Lipinski definition) is 0. The highest BCUT2D eigenvalue weighted by atomic mass is 32.2. The molecule has 0 saturated carbocycles. The summed E-state index contributed by atoms with van der Waals surface area (Å²) in [6, 6.07) is 7.54. The average Bonchev–Trinajstić information content (AvgIpc) is 2.40. The molecule has 1 aliphatic rings. The molecule has 1 aromatic rings. The molecule has 94 valence electrons. The minimum absolute atomic E-state index is 0.581. The Hall–Kier alpha value is -0.540. The first kappa shape index (κ1) is 12.9. The van der Waals surface area contributed by atoms with Gasteiger partial charge in [0.05, 0.1) is 0 Å². The molecule has 0 bridgehead atoms. The highest BCUT2D eigenvalue weighted by Gasteiger charge is 2.22. The number of thioether (sulfide) groups is 1. The maximum Gasteiger partial charge on any atom is 0.0419 e. The lowest BCUT2D eigenvalue weighted by Gasteiger charge is -2.35. The van der Waals surface area contributed by atoms with Crippen molar-refractivity contribution >= 4 is 11.8 Å². The van der Waals surface area contributed by atoms with Gasteiger partial charge in [-0.25, -0.2) is 0 Å². The van der Waals surface area contributed by atoms with E-state index in [1.807, 2.05) is 12.3 Å². The van der Waals surface area contributed by atoms with Crippen molar-refractivity contribution < 1.29 is 0 Å². The van der Waals surface area contributed by atoms with Gasteiger partial charge in [-0.3, -0.25) is 4.98 Å². The maximum absolute atomic E-state index is 4.42. The van der Waals surface area contributed by atoms with Crippen LogP contribution in [0.4, 0.5) is 0 Å². The molecule has 1 unspecified atom stereocenters. The van der Waals surface area contributed by atoms with Crippen molar-refractivity contribution in [1.29, 1.82) is 0 Å². The van der Waals surface area contributed by atoms with Gasteiger partial charge in [-0.2, -0.15) is 11.8 Å². The summed E-state index contributed by atoms with van der Waals surface area (Å²) >= 11 is 2.09. The molecule has 3 heteroatoms. The van der Waals surface area contributed by atoms with Crippen LogP contribution in [0.1, 0.15) is 25.5 Å². The third kappa shape index (κ3) is 3.71. The van der Waals surface area contributed by atoms with Gasteiger partial charge in [0.1, 0.15) is 0 Å². The molecule has 1 fully saturated rings. The number of hydrogen-bond acceptors (Lipinski definition) is 3. The molecule has 0 aliphatic carbocycles. The van der Waals surface area contributed by atoms with Crippen LogP contribution in [0.25, 0.3) is 0 Å². The minimum Gasteiger partial charge on any atom is -0.300 e. The van der Waals surface area contributed by atoms with Crippen LogP contribution in [-0.2, 0) is 6.42 Å². The fourth-order valence-corrected chi connectivity index (χ4v) is 3.50. The van der Waals surface area contributed by atoms with Crippen LogP contribution < -0.4 is 0 Å². The van der Waals surface area contributed by atoms with Crippen LogP contribution in [0.5, 0.6) is 0 Å². The quantitative estimate of drug-likeness (QED) is 0.817. The van der Waals surface area contributed by atoms with E-state index >= 15 is 0 Å². The summed E-state index contributed by atoms with van der Waals surface area (Å²) in [7, 11) is 2.27. The summed E-state index contributed by atoms with van der Waals surface area (Å²) in [6.07, 6.45) is 5.63. The fraction of sp³-hybridized carbons (Fsp3) is 0.643. The van der Waals surface area contributed by atoms with Crippen molar-refractivity contribution in [2.75, 3.05) is 18.6 Å². The van der Waals surface area contributed by atoms with Crippen LogP contribution in [0.15, 0.2) is 24.4 Å². The second kappa shape index (κ2) is 6.41. The van der Waals surface area contributed by atoms with Crippen molar-refractivity contribution in [1.82, 2.24) is 9.88 Å². The molecular formula is C14H22N2S. The van der Waals surface area contributed by atoms with E-state index in [4.69, 9.17) is 0 Å². The zero-order valence-corrected chi connectivity index (χ0v) is 11.6. The summed E-state index contributed by atoms with van der Waals surface area (Å²) in [4.78, 5) is 6.97. The molecule has 1 aromatic heterocycles. The van der Waals surface area contributed by atoms with E-state index in [0.29, 0.717) is 6.04 Å². The van der Waals surface area contributed by atoms with E-state index in [0.717, 1.165) is 12.5 Å². The SMILES string of the molecule is CC(Cc1ccccn1)N(C)C1CCSCC1. The van der Waals surface area contributed by atoms with Gasteiger partial charge in [-0.15, -0.1) is 0 Å². The number of aromatic nitrogens is 1. The second-order valence-corrected chi connectivity index (χ2v) is 6.11. The molecule has 2 nitrogen and oxygen atoms in total. The Balaban J connectivity index is 1.88. The average molecular weight is 250 g/mol. The van der Waals surface area contributed by atoms with Crippen LogP contribution in [0.3, 0.4) is 0 Å². The lowest BCUT2D eigenvalue weighted by Crippen LogP contribution is -2.41. The third-order valence-electron chi connectivity index (χ3n) is 3.69. The fourth-order valence-electron chi connectivity index (χ4n) is 2.42. The first-order valence-electron chi connectivity index (χ1n) is 6.47. The van der Waals surface area contributed by atoms with Crippen LogP contribution in [-0.4, -0.2) is 40.5 Å². The predicted octanol–water partition coefficient (Wildman–Crippen LogP) is 2.84. The van der Waals surface area contributed by atoms with Crippen molar-refractivity contribution in [2.24, 2.45) is 0 Å². The molecular weight excluding hydrogens is 228 g/mol. The standard InChI is InChI=1S/C14H22N2S/c1-12(11-13-5-3-4-8-15-13)16(2)14-6-9-17-10-7-14/h3-5,8,12,14H,6-7,9-11H2,1-2H3. The normalized spacial score (nSPS) is 19.5. The Morgan fingerprint density at radius 1 is 1.41 bits per heavy atom. The van der Waals surface area contributed by atoms with E-state index in [9.17, 15) is 0 Å². The Labute approximate surface area is 109 Å². The van der Waals surface area contributed by atoms with Crippen molar-refractivity contribution in [2.45, 2.75) is 38.3 Å². The summed E-state index contributed by atoms with van der Waals surface area (Å²) < 4.78 is 0. The zero-order valence-electron chi connectivity index (χ0n) is 10.8. The Bertz CT molecular complexity index is 322. The van der Waals surface area contributed by atoms with Crippen LogP contribution in [0.2, 0.25) is 0 Å². The van der Waals surface area contributed by atoms with Crippen molar-refractivity contribution in [3.8, 4) is 0 Å². The Kier molecular flexibility index (Phi) is 4.86. The summed E-state index contributed by atoms with van der Waals surface area (Å²) in [6.45, 7) is 2.32. The molecule has 2 heterocycles. The van der Waals surface area contributed by atoms with E-state index < -0.39 is 0 Å². The van der Waals surface area contributed by atoms with Gasteiger partial charge in [-0.05, 0) is 50.5 Å². The molecule has 0 spiro atoms. The summed E-state index contributed by atoms with van der Waals surface area (Å²) in [5, 5.41) is 0. The topological polar surface area (TPSA) is 16.1 Å². The van der Waals surface area contributed by atoms with E-state index in [-0.39, 0.29) is 0 Å². The molecule has 0 amide bonds. The van der Waals surface area contributed by atoms with Gasteiger partial charge in [0.2, 0.25) is 0 Å². The number of nitrogens with zero attached hydrogens (tertiary/aromatic N) is 2. The number of likely N-dealkylation sites (N-methyl/N-ethyl adjacent to an activating group) is 1. The molecule has 0 radical (unpaired) electrons. The van der Waals surface area contributed by atoms with Crippen molar-refractivity contribution in [3.63, 3.8) is 0 Å². The summed E-state index contributed by atoms with van der Waals surface area (Å²) in [5.74, 6) is 2.65. The first-order valence-corrected chi connectivity index (χ1v) is 7.62. The largest absolute Gasteiger partial charge is 0.300 e. The van der Waals surface area contributed by atoms with Gasteiger partial charge in [-0.1, -0.05) is 6.07 Å². The van der Waals surface area contributed by atoms with Gasteiger partial charge in [0.25, 0.3) is 0 Å². The number of pyridine rings is 1. The van der Waals surface area contributed by atoms with Gasteiger partial charge in [0.15, 0.2) is 0 Å². The third-order valence-corrected chi connectivity index (χ3v) is 4.74. The molecule has 0 N–H and O–H groups in total. The maximum atomic E-state index is 4.42. The zero-order chi connectivity index (χ0) is 12.1. The van der Waals surface area contributed by atoms with Gasteiger partial charge >= 0.3 is 0 Å². The highest BCUT2D eigenvalue weighted by molar-refractivity contribution is 7.99. The van der Waals surface area contributed by atoms with E-state index in [2.05, 4.69) is 47.7 Å². The minimum atomic E-state index is 0.581. The molecule has 17 heavy (non-hydrogen) atoms. The Morgan fingerprint density at radius 3 is 2.82 bits per heavy atom.